The zero-order valence-corrected chi connectivity index (χ0v) is 16.9. The molecule has 2 heterocycles. The fourth-order valence-corrected chi connectivity index (χ4v) is 4.84. The fraction of sp³-hybridized carbons (Fsp3) is 0.632. The van der Waals surface area contributed by atoms with Crippen LogP contribution in [0.4, 0.5) is 4.39 Å². The molecule has 1 aromatic rings. The van der Waals surface area contributed by atoms with Gasteiger partial charge in [-0.05, 0) is 30.4 Å². The minimum atomic E-state index is -0.629. The van der Waals surface area contributed by atoms with Gasteiger partial charge in [0.15, 0.2) is 5.96 Å². The molecule has 1 aromatic carbocycles. The highest BCUT2D eigenvalue weighted by atomic mass is 32.2. The molecule has 0 bridgehead atoms. The predicted octanol–water partition coefficient (Wildman–Crippen LogP) is 1.40. The minimum Gasteiger partial charge on any atom is -0.496 e. The van der Waals surface area contributed by atoms with Gasteiger partial charge in [-0.3, -0.25) is 9.89 Å². The quantitative estimate of drug-likeness (QED) is 0.580. The van der Waals surface area contributed by atoms with Crippen LogP contribution in [0.2, 0.25) is 0 Å². The van der Waals surface area contributed by atoms with Gasteiger partial charge in [0.1, 0.15) is 11.6 Å². The minimum absolute atomic E-state index is 0.239. The first kappa shape index (κ1) is 20.2. The molecule has 0 spiro atoms. The van der Waals surface area contributed by atoms with Gasteiger partial charge >= 0.3 is 0 Å². The summed E-state index contributed by atoms with van der Waals surface area (Å²) in [5.41, 5.74) is 0.241. The van der Waals surface area contributed by atoms with Crippen molar-refractivity contribution in [1.29, 1.82) is 0 Å². The number of aliphatic hydroxyl groups is 1. The number of nitrogens with one attached hydrogen (secondary N) is 1. The molecule has 8 heteroatoms. The zero-order valence-electron chi connectivity index (χ0n) is 16.1. The van der Waals surface area contributed by atoms with Gasteiger partial charge in [-0.1, -0.05) is 0 Å². The maximum absolute atomic E-state index is 13.6. The Morgan fingerprint density at radius 2 is 2.15 bits per heavy atom. The van der Waals surface area contributed by atoms with Crippen LogP contribution in [0.3, 0.4) is 0 Å². The molecule has 0 aromatic heterocycles. The lowest BCUT2D eigenvalue weighted by Gasteiger charge is -2.37. The van der Waals surface area contributed by atoms with E-state index in [-0.39, 0.29) is 5.82 Å². The highest BCUT2D eigenvalue weighted by Gasteiger charge is 2.32. The first-order valence-electron chi connectivity index (χ1n) is 9.33. The van der Waals surface area contributed by atoms with Crippen LogP contribution in [0.15, 0.2) is 23.2 Å². The summed E-state index contributed by atoms with van der Waals surface area (Å²) in [5.74, 6) is 3.11. The Kier molecular flexibility index (Phi) is 6.83. The predicted molar refractivity (Wildman–Crippen MR) is 108 cm³/mol. The van der Waals surface area contributed by atoms with Gasteiger partial charge in [-0.2, -0.15) is 11.8 Å². The summed E-state index contributed by atoms with van der Waals surface area (Å²) < 4.78 is 18.9. The third-order valence-electron chi connectivity index (χ3n) is 5.18. The van der Waals surface area contributed by atoms with Crippen LogP contribution >= 0.6 is 11.8 Å². The molecule has 0 aliphatic carbocycles. The lowest BCUT2D eigenvalue weighted by atomic mass is 10.0. The summed E-state index contributed by atoms with van der Waals surface area (Å²) in [6, 6.07) is 4.65. The fourth-order valence-electron chi connectivity index (χ4n) is 3.54. The van der Waals surface area contributed by atoms with Crippen LogP contribution in [-0.4, -0.2) is 84.9 Å². The van der Waals surface area contributed by atoms with Gasteiger partial charge in [0.25, 0.3) is 0 Å². The van der Waals surface area contributed by atoms with Crippen molar-refractivity contribution >= 4 is 17.7 Å². The maximum atomic E-state index is 13.6. The number of guanidine groups is 1. The second-order valence-corrected chi connectivity index (χ2v) is 8.25. The van der Waals surface area contributed by atoms with Crippen LogP contribution in [0.25, 0.3) is 0 Å². The number of ether oxygens (including phenoxy) is 1. The molecular formula is C19H29FN4O2S. The average Bonchev–Trinajstić information content (AvgIpc) is 3.10. The van der Waals surface area contributed by atoms with Gasteiger partial charge in [0.2, 0.25) is 0 Å². The Morgan fingerprint density at radius 1 is 1.37 bits per heavy atom. The summed E-state index contributed by atoms with van der Waals surface area (Å²) in [4.78, 5) is 8.88. The number of aliphatic imine (C=N–C) groups is 1. The molecule has 2 aliphatic heterocycles. The number of hydrogen-bond acceptors (Lipinski definition) is 5. The monoisotopic (exact) mass is 396 g/mol. The molecule has 6 nitrogen and oxygen atoms in total. The SMILES string of the molecule is CN=C(NCC1(O)CCSC1)N1CCN(Cc2cc(F)ccc2OC)CC1. The summed E-state index contributed by atoms with van der Waals surface area (Å²) in [6.45, 7) is 4.60. The number of halogens is 1. The Hall–Kier alpha value is -1.51. The summed E-state index contributed by atoms with van der Waals surface area (Å²) in [5, 5.41) is 13.8. The van der Waals surface area contributed by atoms with Gasteiger partial charge in [0.05, 0.1) is 12.7 Å². The smallest absolute Gasteiger partial charge is 0.193 e. The number of thioether (sulfide) groups is 1. The van der Waals surface area contributed by atoms with Crippen molar-refractivity contribution in [3.05, 3.63) is 29.6 Å². The zero-order chi connectivity index (χ0) is 19.3. The van der Waals surface area contributed by atoms with Crippen LogP contribution in [0, 0.1) is 5.82 Å². The standard InChI is InChI=1S/C19H29FN4O2S/c1-21-18(22-13-19(25)5-10-27-14-19)24-8-6-23(7-9-24)12-15-11-16(20)3-4-17(15)26-2/h3-4,11,25H,5-10,12-14H2,1-2H3,(H,21,22). The maximum Gasteiger partial charge on any atom is 0.193 e. The van der Waals surface area contributed by atoms with Gasteiger partial charge in [-0.15, -0.1) is 0 Å². The topological polar surface area (TPSA) is 60.3 Å². The lowest BCUT2D eigenvalue weighted by molar-refractivity contribution is 0.0711. The molecule has 2 saturated heterocycles. The van der Waals surface area contributed by atoms with Crippen LogP contribution < -0.4 is 10.1 Å². The van der Waals surface area contributed by atoms with E-state index in [0.717, 1.165) is 61.4 Å². The normalized spacial score (nSPS) is 24.3. The molecule has 0 saturated carbocycles. The summed E-state index contributed by atoms with van der Waals surface area (Å²) in [6.07, 6.45) is 0.824. The van der Waals surface area contributed by atoms with Crippen molar-refractivity contribution in [1.82, 2.24) is 15.1 Å². The number of benzene rings is 1. The van der Waals surface area contributed by atoms with E-state index < -0.39 is 5.60 Å². The number of nitrogens with zero attached hydrogens (tertiary/aromatic N) is 3. The van der Waals surface area contributed by atoms with E-state index in [2.05, 4.69) is 20.1 Å². The van der Waals surface area contributed by atoms with Crippen molar-refractivity contribution in [3.8, 4) is 5.75 Å². The molecule has 2 N–H and O–H groups in total. The Labute approximate surface area is 164 Å². The Morgan fingerprint density at radius 3 is 2.78 bits per heavy atom. The first-order chi connectivity index (χ1) is 13.0. The van der Waals surface area contributed by atoms with E-state index in [4.69, 9.17) is 4.74 Å². The third-order valence-corrected chi connectivity index (χ3v) is 6.41. The summed E-state index contributed by atoms with van der Waals surface area (Å²) in [7, 11) is 3.39. The van der Waals surface area contributed by atoms with Gasteiger partial charge in [0, 0.05) is 57.6 Å². The Balaban J connectivity index is 1.51. The largest absolute Gasteiger partial charge is 0.496 e. The molecule has 0 radical (unpaired) electrons. The first-order valence-corrected chi connectivity index (χ1v) is 10.5. The van der Waals surface area contributed by atoms with E-state index in [9.17, 15) is 9.50 Å². The number of rotatable bonds is 5. The lowest BCUT2D eigenvalue weighted by Crippen LogP contribution is -2.54. The van der Waals surface area contributed by atoms with Crippen LogP contribution in [-0.2, 0) is 6.54 Å². The highest BCUT2D eigenvalue weighted by Crippen LogP contribution is 2.27. The molecular weight excluding hydrogens is 367 g/mol. The van der Waals surface area contributed by atoms with E-state index >= 15 is 0 Å². The van der Waals surface area contributed by atoms with E-state index in [0.29, 0.717) is 13.1 Å². The van der Waals surface area contributed by atoms with E-state index in [1.165, 1.54) is 6.07 Å². The number of hydrogen-bond donors (Lipinski definition) is 2. The summed E-state index contributed by atoms with van der Waals surface area (Å²) >= 11 is 1.79. The molecule has 27 heavy (non-hydrogen) atoms. The Bertz CT molecular complexity index is 659. The number of methoxy groups -OCH3 is 1. The molecule has 0 amide bonds. The van der Waals surface area contributed by atoms with Crippen molar-refractivity contribution in [2.24, 2.45) is 4.99 Å². The van der Waals surface area contributed by atoms with Crippen LogP contribution in [0.5, 0.6) is 5.75 Å². The van der Waals surface area contributed by atoms with Gasteiger partial charge < -0.3 is 20.1 Å². The molecule has 2 aliphatic rings. The van der Waals surface area contributed by atoms with E-state index in [1.807, 2.05) is 0 Å². The van der Waals surface area contributed by atoms with Crippen molar-refractivity contribution < 1.29 is 14.2 Å². The molecule has 150 valence electrons. The van der Waals surface area contributed by atoms with Crippen molar-refractivity contribution in [2.75, 3.05) is 58.4 Å². The van der Waals surface area contributed by atoms with Gasteiger partial charge in [-0.25, -0.2) is 4.39 Å². The van der Waals surface area contributed by atoms with E-state index in [1.54, 1.807) is 38.1 Å². The molecule has 1 unspecified atom stereocenters. The average molecular weight is 397 g/mol. The van der Waals surface area contributed by atoms with Crippen LogP contribution in [0.1, 0.15) is 12.0 Å². The second kappa shape index (κ2) is 9.12. The second-order valence-electron chi connectivity index (χ2n) is 7.15. The third kappa shape index (κ3) is 5.27. The van der Waals surface area contributed by atoms with Crippen molar-refractivity contribution in [3.63, 3.8) is 0 Å². The highest BCUT2D eigenvalue weighted by molar-refractivity contribution is 7.99. The molecule has 3 rings (SSSR count). The number of piperazine rings is 1. The molecule has 1 atom stereocenters. The molecule has 2 fully saturated rings. The van der Waals surface area contributed by atoms with Crippen molar-refractivity contribution in [2.45, 2.75) is 18.6 Å².